The Kier molecular flexibility index (Phi) is 5.62. The third-order valence-electron chi connectivity index (χ3n) is 4.74. The van der Waals surface area contributed by atoms with Crippen LogP contribution in [0.1, 0.15) is 51.5 Å². The van der Waals surface area contributed by atoms with Crippen LogP contribution in [0.15, 0.2) is 30.3 Å². The molecule has 0 amide bonds. The summed E-state index contributed by atoms with van der Waals surface area (Å²) in [5.74, 6) is 0.779. The van der Waals surface area contributed by atoms with E-state index in [0.717, 1.165) is 51.0 Å². The fourth-order valence-electron chi connectivity index (χ4n) is 3.07. The predicted molar refractivity (Wildman–Crippen MR) is 84.8 cm³/mol. The third-order valence-corrected chi connectivity index (χ3v) is 4.74. The zero-order chi connectivity index (χ0) is 14.4. The van der Waals surface area contributed by atoms with E-state index in [1.807, 2.05) is 0 Å². The maximum atomic E-state index is 10.6. The van der Waals surface area contributed by atoms with Gasteiger partial charge in [0.25, 0.3) is 0 Å². The molecular weight excluding hydrogens is 246 g/mol. The minimum Gasteiger partial charge on any atom is -0.389 e. The van der Waals surface area contributed by atoms with Gasteiger partial charge in [0.05, 0.1) is 5.60 Å². The molecule has 0 spiro atoms. The minimum absolute atomic E-state index is 0.459. The van der Waals surface area contributed by atoms with Crippen LogP contribution in [0.25, 0.3) is 0 Å². The molecule has 2 rings (SSSR count). The Morgan fingerprint density at radius 1 is 1.25 bits per heavy atom. The number of nitrogens with one attached hydrogen (secondary N) is 1. The second-order valence-corrected chi connectivity index (χ2v) is 6.58. The van der Waals surface area contributed by atoms with Gasteiger partial charge in [-0.05, 0) is 50.0 Å². The number of benzene rings is 1. The van der Waals surface area contributed by atoms with Gasteiger partial charge in [0, 0.05) is 12.6 Å². The van der Waals surface area contributed by atoms with Crippen LogP contribution in [0.5, 0.6) is 0 Å². The quantitative estimate of drug-likeness (QED) is 0.832. The van der Waals surface area contributed by atoms with Crippen molar-refractivity contribution in [2.24, 2.45) is 5.92 Å². The second kappa shape index (κ2) is 7.24. The first-order chi connectivity index (χ1) is 9.61. The van der Waals surface area contributed by atoms with E-state index in [9.17, 15) is 5.11 Å². The van der Waals surface area contributed by atoms with Crippen LogP contribution < -0.4 is 5.32 Å². The van der Waals surface area contributed by atoms with Gasteiger partial charge in [-0.3, -0.25) is 0 Å². The van der Waals surface area contributed by atoms with E-state index in [1.165, 1.54) is 5.56 Å². The average Bonchev–Trinajstić information content (AvgIpc) is 2.48. The maximum Gasteiger partial charge on any atom is 0.0771 e. The lowest BCUT2D eigenvalue weighted by atomic mass is 9.79. The van der Waals surface area contributed by atoms with Crippen molar-refractivity contribution in [3.8, 4) is 0 Å². The van der Waals surface area contributed by atoms with Crippen LogP contribution in [0, 0.1) is 5.92 Å². The molecule has 112 valence electrons. The molecule has 0 saturated heterocycles. The first-order valence-electron chi connectivity index (χ1n) is 8.11. The highest BCUT2D eigenvalue weighted by molar-refractivity contribution is 5.15. The highest BCUT2D eigenvalue weighted by Gasteiger charge is 2.31. The summed E-state index contributed by atoms with van der Waals surface area (Å²) in [5.41, 5.74) is 0.896. The normalized spacial score (nSPS) is 28.2. The van der Waals surface area contributed by atoms with Crippen LogP contribution >= 0.6 is 0 Å². The van der Waals surface area contributed by atoms with Crippen LogP contribution in [-0.4, -0.2) is 23.3 Å². The lowest BCUT2D eigenvalue weighted by Crippen LogP contribution is -2.46. The van der Waals surface area contributed by atoms with Crippen molar-refractivity contribution >= 4 is 0 Å². The Labute approximate surface area is 123 Å². The van der Waals surface area contributed by atoms with Gasteiger partial charge in [0.15, 0.2) is 0 Å². The Balaban J connectivity index is 1.81. The maximum absolute atomic E-state index is 10.6. The second-order valence-electron chi connectivity index (χ2n) is 6.58. The van der Waals surface area contributed by atoms with Crippen molar-refractivity contribution in [2.75, 3.05) is 6.54 Å². The van der Waals surface area contributed by atoms with E-state index in [1.54, 1.807) is 0 Å². The molecule has 1 unspecified atom stereocenters. The van der Waals surface area contributed by atoms with Gasteiger partial charge in [-0.2, -0.15) is 0 Å². The highest BCUT2D eigenvalue weighted by atomic mass is 16.3. The SMILES string of the molecule is CCC(Cc1ccccc1)NCC1(O)CCC(C)CC1. The molecule has 0 aromatic heterocycles. The van der Waals surface area contributed by atoms with E-state index < -0.39 is 5.60 Å². The van der Waals surface area contributed by atoms with Gasteiger partial charge >= 0.3 is 0 Å². The van der Waals surface area contributed by atoms with E-state index in [0.29, 0.717) is 6.04 Å². The molecule has 0 bridgehead atoms. The van der Waals surface area contributed by atoms with Crippen molar-refractivity contribution < 1.29 is 5.11 Å². The summed E-state index contributed by atoms with van der Waals surface area (Å²) in [7, 11) is 0. The minimum atomic E-state index is -0.476. The lowest BCUT2D eigenvalue weighted by molar-refractivity contribution is -0.00824. The van der Waals surface area contributed by atoms with Crippen LogP contribution in [0.2, 0.25) is 0 Å². The lowest BCUT2D eigenvalue weighted by Gasteiger charge is -2.36. The number of rotatable bonds is 6. The molecule has 1 fully saturated rings. The summed E-state index contributed by atoms with van der Waals surface area (Å²) in [5, 5.41) is 14.2. The van der Waals surface area contributed by atoms with E-state index in [-0.39, 0.29) is 0 Å². The largest absolute Gasteiger partial charge is 0.389 e. The first kappa shape index (κ1) is 15.5. The van der Waals surface area contributed by atoms with Gasteiger partial charge in [-0.25, -0.2) is 0 Å². The van der Waals surface area contributed by atoms with Crippen molar-refractivity contribution in [2.45, 2.75) is 64.0 Å². The van der Waals surface area contributed by atoms with Gasteiger partial charge in [-0.15, -0.1) is 0 Å². The molecule has 0 radical (unpaired) electrons. The molecule has 1 aromatic carbocycles. The zero-order valence-corrected chi connectivity index (χ0v) is 12.9. The van der Waals surface area contributed by atoms with Gasteiger partial charge in [-0.1, -0.05) is 44.2 Å². The molecule has 1 saturated carbocycles. The molecule has 1 aliphatic rings. The summed E-state index contributed by atoms with van der Waals surface area (Å²) in [4.78, 5) is 0. The molecule has 2 N–H and O–H groups in total. The average molecular weight is 275 g/mol. The molecule has 2 nitrogen and oxygen atoms in total. The van der Waals surface area contributed by atoms with Gasteiger partial charge in [0.1, 0.15) is 0 Å². The number of hydrogen-bond donors (Lipinski definition) is 2. The molecule has 1 atom stereocenters. The van der Waals surface area contributed by atoms with Crippen LogP contribution in [0.3, 0.4) is 0 Å². The first-order valence-corrected chi connectivity index (χ1v) is 8.11. The molecular formula is C18H29NO. The highest BCUT2D eigenvalue weighted by Crippen LogP contribution is 2.31. The molecule has 0 heterocycles. The topological polar surface area (TPSA) is 32.3 Å². The Morgan fingerprint density at radius 2 is 1.90 bits per heavy atom. The van der Waals surface area contributed by atoms with Crippen molar-refractivity contribution in [3.05, 3.63) is 35.9 Å². The van der Waals surface area contributed by atoms with Crippen molar-refractivity contribution in [1.82, 2.24) is 5.32 Å². The molecule has 1 aliphatic carbocycles. The number of aliphatic hydroxyl groups is 1. The predicted octanol–water partition coefficient (Wildman–Crippen LogP) is 3.54. The monoisotopic (exact) mass is 275 g/mol. The van der Waals surface area contributed by atoms with Crippen molar-refractivity contribution in [1.29, 1.82) is 0 Å². The molecule has 2 heteroatoms. The Hall–Kier alpha value is -0.860. The third kappa shape index (κ3) is 4.60. The van der Waals surface area contributed by atoms with Crippen LogP contribution in [-0.2, 0) is 6.42 Å². The Bertz CT molecular complexity index is 382. The zero-order valence-electron chi connectivity index (χ0n) is 12.9. The molecule has 20 heavy (non-hydrogen) atoms. The summed E-state index contributed by atoms with van der Waals surface area (Å²) in [6.07, 6.45) is 6.36. The summed E-state index contributed by atoms with van der Waals surface area (Å²) in [6.45, 7) is 5.25. The number of hydrogen-bond acceptors (Lipinski definition) is 2. The summed E-state index contributed by atoms with van der Waals surface area (Å²) >= 11 is 0. The van der Waals surface area contributed by atoms with E-state index in [4.69, 9.17) is 0 Å². The Morgan fingerprint density at radius 3 is 2.50 bits per heavy atom. The summed E-state index contributed by atoms with van der Waals surface area (Å²) in [6, 6.07) is 11.1. The fraction of sp³-hybridized carbons (Fsp3) is 0.667. The fourth-order valence-corrected chi connectivity index (χ4v) is 3.07. The van der Waals surface area contributed by atoms with E-state index >= 15 is 0 Å². The van der Waals surface area contributed by atoms with Gasteiger partial charge in [0.2, 0.25) is 0 Å². The molecule has 1 aromatic rings. The van der Waals surface area contributed by atoms with Crippen molar-refractivity contribution in [3.63, 3.8) is 0 Å². The van der Waals surface area contributed by atoms with E-state index in [2.05, 4.69) is 49.5 Å². The standard InChI is InChI=1S/C18H29NO/c1-3-17(13-16-7-5-4-6-8-16)19-14-18(20)11-9-15(2)10-12-18/h4-8,15,17,19-20H,3,9-14H2,1-2H3. The smallest absolute Gasteiger partial charge is 0.0771 e. The van der Waals surface area contributed by atoms with Gasteiger partial charge < -0.3 is 10.4 Å². The molecule has 0 aliphatic heterocycles. The summed E-state index contributed by atoms with van der Waals surface area (Å²) < 4.78 is 0. The van der Waals surface area contributed by atoms with Crippen LogP contribution in [0.4, 0.5) is 0 Å².